The summed E-state index contributed by atoms with van der Waals surface area (Å²) in [6.07, 6.45) is 0.746. The summed E-state index contributed by atoms with van der Waals surface area (Å²) in [7, 11) is 1.63. The summed E-state index contributed by atoms with van der Waals surface area (Å²) >= 11 is 0. The first kappa shape index (κ1) is 17.6. The van der Waals surface area contributed by atoms with Gasteiger partial charge in [-0.25, -0.2) is 0 Å². The first-order valence-electron chi connectivity index (χ1n) is 7.00. The molecule has 1 rings (SSSR count). The van der Waals surface area contributed by atoms with E-state index in [9.17, 15) is 4.79 Å². The lowest BCUT2D eigenvalue weighted by atomic mass is 10.2. The highest BCUT2D eigenvalue weighted by Crippen LogP contribution is 2.13. The van der Waals surface area contributed by atoms with Crippen LogP contribution in [-0.4, -0.2) is 46.1 Å². The first-order valence-corrected chi connectivity index (χ1v) is 7.00. The highest BCUT2D eigenvalue weighted by atomic mass is 16.5. The minimum Gasteiger partial charge on any atom is -0.382 e. The van der Waals surface area contributed by atoms with E-state index >= 15 is 0 Å². The van der Waals surface area contributed by atoms with Crippen LogP contribution >= 0.6 is 0 Å². The number of methoxy groups -OCH3 is 1. The molecule has 3 N–H and O–H groups in total. The van der Waals surface area contributed by atoms with E-state index in [0.717, 1.165) is 17.7 Å². The van der Waals surface area contributed by atoms with Gasteiger partial charge >= 0.3 is 0 Å². The molecule has 1 aromatic carbocycles. The number of rotatable bonds is 11. The van der Waals surface area contributed by atoms with Crippen molar-refractivity contribution < 1.29 is 19.0 Å². The third-order valence-corrected chi connectivity index (χ3v) is 2.75. The van der Waals surface area contributed by atoms with Crippen LogP contribution in [0.25, 0.3) is 0 Å². The van der Waals surface area contributed by atoms with Gasteiger partial charge < -0.3 is 25.3 Å². The minimum absolute atomic E-state index is 0.0248. The standard InChI is InChI=1S/C15H24N2O4/c1-19-9-10-20-7-4-8-21-12-15(18)17-14-6-3-2-5-13(14)11-16/h2-3,5-6H,4,7-12,16H2,1H3,(H,17,18). The van der Waals surface area contributed by atoms with E-state index in [-0.39, 0.29) is 12.5 Å². The fourth-order valence-electron chi connectivity index (χ4n) is 1.68. The largest absolute Gasteiger partial charge is 0.382 e. The lowest BCUT2D eigenvalue weighted by Crippen LogP contribution is -2.20. The van der Waals surface area contributed by atoms with Crippen LogP contribution in [0.4, 0.5) is 5.69 Å². The number of hydrogen-bond acceptors (Lipinski definition) is 5. The minimum atomic E-state index is -0.184. The Morgan fingerprint density at radius 3 is 2.67 bits per heavy atom. The fraction of sp³-hybridized carbons (Fsp3) is 0.533. The molecule has 21 heavy (non-hydrogen) atoms. The number of amides is 1. The number of hydrogen-bond donors (Lipinski definition) is 2. The van der Waals surface area contributed by atoms with Gasteiger partial charge in [0.2, 0.25) is 5.91 Å². The molecule has 0 heterocycles. The molecular formula is C15H24N2O4. The number of anilines is 1. The number of nitrogens with one attached hydrogen (secondary N) is 1. The average molecular weight is 296 g/mol. The van der Waals surface area contributed by atoms with Gasteiger partial charge in [0.1, 0.15) is 6.61 Å². The second kappa shape index (κ2) is 11.2. The summed E-state index contributed by atoms with van der Waals surface area (Å²) in [5.74, 6) is -0.184. The summed E-state index contributed by atoms with van der Waals surface area (Å²) in [6, 6.07) is 7.45. The van der Waals surface area contributed by atoms with Gasteiger partial charge in [-0.3, -0.25) is 4.79 Å². The van der Waals surface area contributed by atoms with Crippen LogP contribution in [0.1, 0.15) is 12.0 Å². The number of carbonyl (C=O) groups excluding carboxylic acids is 1. The Balaban J connectivity index is 2.11. The smallest absolute Gasteiger partial charge is 0.250 e. The zero-order valence-corrected chi connectivity index (χ0v) is 12.5. The number of benzene rings is 1. The van der Waals surface area contributed by atoms with Crippen LogP contribution in [0.3, 0.4) is 0 Å². The van der Waals surface area contributed by atoms with Gasteiger partial charge in [0.25, 0.3) is 0 Å². The maximum absolute atomic E-state index is 11.7. The van der Waals surface area contributed by atoms with Gasteiger partial charge in [0, 0.05) is 32.6 Å². The van der Waals surface area contributed by atoms with E-state index in [1.165, 1.54) is 0 Å². The van der Waals surface area contributed by atoms with Crippen LogP contribution in [-0.2, 0) is 25.5 Å². The third-order valence-electron chi connectivity index (χ3n) is 2.75. The zero-order valence-electron chi connectivity index (χ0n) is 12.5. The molecule has 0 saturated heterocycles. The van der Waals surface area contributed by atoms with Crippen molar-refractivity contribution in [2.24, 2.45) is 5.73 Å². The predicted molar refractivity (Wildman–Crippen MR) is 81.1 cm³/mol. The Labute approximate surface area is 125 Å². The molecule has 0 radical (unpaired) electrons. The van der Waals surface area contributed by atoms with Crippen molar-refractivity contribution in [2.45, 2.75) is 13.0 Å². The zero-order chi connectivity index (χ0) is 15.3. The molecule has 1 aromatic rings. The SMILES string of the molecule is COCCOCCCOCC(=O)Nc1ccccc1CN. The van der Waals surface area contributed by atoms with E-state index in [2.05, 4.69) is 5.32 Å². The van der Waals surface area contributed by atoms with E-state index in [1.54, 1.807) is 7.11 Å². The fourth-order valence-corrected chi connectivity index (χ4v) is 1.68. The Morgan fingerprint density at radius 2 is 1.90 bits per heavy atom. The molecule has 0 aliphatic rings. The molecule has 0 unspecified atom stereocenters. The van der Waals surface area contributed by atoms with Crippen molar-refractivity contribution in [3.8, 4) is 0 Å². The monoisotopic (exact) mass is 296 g/mol. The van der Waals surface area contributed by atoms with Gasteiger partial charge in [-0.05, 0) is 18.1 Å². The maximum Gasteiger partial charge on any atom is 0.250 e. The summed E-state index contributed by atoms with van der Waals surface area (Å²) < 4.78 is 15.4. The lowest BCUT2D eigenvalue weighted by molar-refractivity contribution is -0.120. The van der Waals surface area contributed by atoms with E-state index in [0.29, 0.717) is 33.0 Å². The second-order valence-electron chi connectivity index (χ2n) is 4.42. The highest BCUT2D eigenvalue weighted by Gasteiger charge is 2.05. The Morgan fingerprint density at radius 1 is 1.14 bits per heavy atom. The van der Waals surface area contributed by atoms with Crippen LogP contribution in [0.15, 0.2) is 24.3 Å². The Hall–Kier alpha value is -1.47. The van der Waals surface area contributed by atoms with E-state index < -0.39 is 0 Å². The van der Waals surface area contributed by atoms with Gasteiger partial charge in [-0.1, -0.05) is 18.2 Å². The van der Waals surface area contributed by atoms with Gasteiger partial charge in [0.15, 0.2) is 0 Å². The summed E-state index contributed by atoms with van der Waals surface area (Å²) in [5.41, 5.74) is 7.24. The normalized spacial score (nSPS) is 10.6. The van der Waals surface area contributed by atoms with Crippen molar-refractivity contribution in [2.75, 3.05) is 45.5 Å². The molecule has 0 fully saturated rings. The molecule has 0 aliphatic heterocycles. The summed E-state index contributed by atoms with van der Waals surface area (Å²) in [5, 5.41) is 2.79. The Bertz CT molecular complexity index is 412. The van der Waals surface area contributed by atoms with Gasteiger partial charge in [-0.15, -0.1) is 0 Å². The lowest BCUT2D eigenvalue weighted by Gasteiger charge is -2.10. The van der Waals surface area contributed by atoms with Crippen LogP contribution in [0.5, 0.6) is 0 Å². The Kier molecular flexibility index (Phi) is 9.39. The maximum atomic E-state index is 11.7. The van der Waals surface area contributed by atoms with Crippen molar-refractivity contribution in [1.82, 2.24) is 0 Å². The topological polar surface area (TPSA) is 82.8 Å². The first-order chi connectivity index (χ1) is 10.3. The molecule has 0 aromatic heterocycles. The number of para-hydroxylation sites is 1. The molecule has 0 saturated carbocycles. The molecule has 0 aliphatic carbocycles. The molecule has 118 valence electrons. The number of carbonyl (C=O) groups is 1. The highest BCUT2D eigenvalue weighted by molar-refractivity contribution is 5.92. The second-order valence-corrected chi connectivity index (χ2v) is 4.42. The van der Waals surface area contributed by atoms with Crippen molar-refractivity contribution in [3.05, 3.63) is 29.8 Å². The quantitative estimate of drug-likeness (QED) is 0.599. The summed E-state index contributed by atoms with van der Waals surface area (Å²) in [6.45, 7) is 2.66. The molecule has 0 atom stereocenters. The van der Waals surface area contributed by atoms with Crippen LogP contribution in [0, 0.1) is 0 Å². The average Bonchev–Trinajstić information content (AvgIpc) is 2.50. The molecule has 1 amide bonds. The number of ether oxygens (including phenoxy) is 3. The molecule has 0 bridgehead atoms. The van der Waals surface area contributed by atoms with Gasteiger partial charge in [0.05, 0.1) is 13.2 Å². The van der Waals surface area contributed by atoms with E-state index in [1.807, 2.05) is 24.3 Å². The molecular weight excluding hydrogens is 272 g/mol. The molecule has 0 spiro atoms. The molecule has 6 nitrogen and oxygen atoms in total. The van der Waals surface area contributed by atoms with Crippen LogP contribution < -0.4 is 11.1 Å². The molecule has 6 heteroatoms. The van der Waals surface area contributed by atoms with E-state index in [4.69, 9.17) is 19.9 Å². The third kappa shape index (κ3) is 7.77. The predicted octanol–water partition coefficient (Wildman–Crippen LogP) is 1.15. The van der Waals surface area contributed by atoms with Gasteiger partial charge in [-0.2, -0.15) is 0 Å². The van der Waals surface area contributed by atoms with Crippen molar-refractivity contribution in [1.29, 1.82) is 0 Å². The van der Waals surface area contributed by atoms with Crippen molar-refractivity contribution >= 4 is 11.6 Å². The summed E-state index contributed by atoms with van der Waals surface area (Å²) in [4.78, 5) is 11.7. The van der Waals surface area contributed by atoms with Crippen molar-refractivity contribution in [3.63, 3.8) is 0 Å². The van der Waals surface area contributed by atoms with Crippen LogP contribution in [0.2, 0.25) is 0 Å². The number of nitrogens with two attached hydrogens (primary N) is 1.